The van der Waals surface area contributed by atoms with Crippen LogP contribution in [0.2, 0.25) is 0 Å². The highest BCUT2D eigenvalue weighted by molar-refractivity contribution is 5.98. The Kier molecular flexibility index (Phi) is 6.84. The number of amides is 2. The smallest absolute Gasteiger partial charge is 0.405 e. The first-order chi connectivity index (χ1) is 16.4. The van der Waals surface area contributed by atoms with E-state index in [0.29, 0.717) is 10.9 Å². The number of aromatic nitrogens is 2. The predicted molar refractivity (Wildman–Crippen MR) is 125 cm³/mol. The van der Waals surface area contributed by atoms with Crippen molar-refractivity contribution in [1.82, 2.24) is 15.1 Å². The number of benzene rings is 3. The first-order valence-corrected chi connectivity index (χ1v) is 10.6. The summed E-state index contributed by atoms with van der Waals surface area (Å²) in [5.41, 5.74) is 3.20. The van der Waals surface area contributed by atoms with Crippen LogP contribution in [0.4, 0.5) is 14.9 Å². The molecule has 0 unspecified atom stereocenters. The predicted octanol–water partition coefficient (Wildman–Crippen LogP) is 4.26. The van der Waals surface area contributed by atoms with Gasteiger partial charge in [-0.25, -0.2) is 13.9 Å². The highest BCUT2D eigenvalue weighted by atomic mass is 19.1. The van der Waals surface area contributed by atoms with Crippen LogP contribution in [-0.4, -0.2) is 39.5 Å². The number of rotatable bonds is 8. The first kappa shape index (κ1) is 22.9. The summed E-state index contributed by atoms with van der Waals surface area (Å²) in [4.78, 5) is 24.0. The number of aryl methyl sites for hydroxylation is 1. The normalized spacial score (nSPS) is 11.8. The summed E-state index contributed by atoms with van der Waals surface area (Å²) in [6.45, 7) is 1.93. The fraction of sp³-hybridized carbons (Fsp3) is 0.160. The molecule has 9 heteroatoms. The maximum absolute atomic E-state index is 14.7. The number of nitrogens with one attached hydrogen (secondary N) is 2. The molecule has 3 N–H and O–H groups in total. The van der Waals surface area contributed by atoms with Gasteiger partial charge in [0.05, 0.1) is 36.3 Å². The van der Waals surface area contributed by atoms with Crippen molar-refractivity contribution in [1.29, 1.82) is 0 Å². The van der Waals surface area contributed by atoms with E-state index in [1.165, 1.54) is 12.1 Å². The van der Waals surface area contributed by atoms with E-state index in [1.54, 1.807) is 10.9 Å². The zero-order valence-electron chi connectivity index (χ0n) is 18.4. The van der Waals surface area contributed by atoms with E-state index in [1.807, 2.05) is 61.5 Å². The van der Waals surface area contributed by atoms with Crippen LogP contribution in [0.3, 0.4) is 0 Å². The fourth-order valence-corrected chi connectivity index (χ4v) is 3.53. The van der Waals surface area contributed by atoms with Gasteiger partial charge in [0.15, 0.2) is 0 Å². The topological polar surface area (TPSA) is 105 Å². The molecule has 1 heterocycles. The molecule has 3 aromatic carbocycles. The molecule has 0 bridgehead atoms. The van der Waals surface area contributed by atoms with Crippen LogP contribution >= 0.6 is 0 Å². The lowest BCUT2D eigenvalue weighted by molar-refractivity contribution is -0.119. The molecule has 0 fully saturated rings. The van der Waals surface area contributed by atoms with Gasteiger partial charge in [-0.2, -0.15) is 5.10 Å². The third kappa shape index (κ3) is 5.38. The largest absolute Gasteiger partial charge is 0.465 e. The van der Waals surface area contributed by atoms with E-state index in [9.17, 15) is 14.0 Å². The van der Waals surface area contributed by atoms with Crippen LogP contribution in [0.5, 0.6) is 0 Å². The molecule has 0 aliphatic carbocycles. The molecular formula is C25H23FN4O4. The Bertz CT molecular complexity index is 1320. The molecule has 0 saturated carbocycles. The van der Waals surface area contributed by atoms with Crippen LogP contribution in [0.15, 0.2) is 72.9 Å². The fourth-order valence-electron chi connectivity index (χ4n) is 3.53. The summed E-state index contributed by atoms with van der Waals surface area (Å²) < 4.78 is 21.9. The van der Waals surface area contributed by atoms with E-state index < -0.39 is 23.9 Å². The molecule has 0 aliphatic rings. The van der Waals surface area contributed by atoms with Crippen molar-refractivity contribution < 1.29 is 23.8 Å². The Morgan fingerprint density at radius 1 is 1.12 bits per heavy atom. The second-order valence-electron chi connectivity index (χ2n) is 7.78. The van der Waals surface area contributed by atoms with Crippen LogP contribution in [0.25, 0.3) is 16.6 Å². The Hall–Kier alpha value is -4.24. The second kappa shape index (κ2) is 10.1. The van der Waals surface area contributed by atoms with Crippen molar-refractivity contribution in [3.8, 4) is 5.69 Å². The minimum atomic E-state index is -1.39. The highest BCUT2D eigenvalue weighted by Crippen LogP contribution is 2.25. The molecule has 0 radical (unpaired) electrons. The average Bonchev–Trinajstić information content (AvgIpc) is 3.21. The van der Waals surface area contributed by atoms with Gasteiger partial charge >= 0.3 is 6.09 Å². The number of carbonyl (C=O) groups is 2. The average molecular weight is 462 g/mol. The van der Waals surface area contributed by atoms with Gasteiger partial charge in [-0.15, -0.1) is 0 Å². The summed E-state index contributed by atoms with van der Waals surface area (Å²) in [5.74, 6) is -1.40. The molecule has 1 aromatic heterocycles. The van der Waals surface area contributed by atoms with Crippen LogP contribution in [-0.2, 0) is 16.1 Å². The van der Waals surface area contributed by atoms with Crippen LogP contribution in [0.1, 0.15) is 11.1 Å². The van der Waals surface area contributed by atoms with E-state index in [2.05, 4.69) is 15.7 Å². The Balaban J connectivity index is 1.53. The molecule has 34 heavy (non-hydrogen) atoms. The van der Waals surface area contributed by atoms with Gasteiger partial charge in [-0.05, 0) is 42.3 Å². The van der Waals surface area contributed by atoms with Crippen molar-refractivity contribution in [2.24, 2.45) is 0 Å². The molecule has 2 amide bonds. The highest BCUT2D eigenvalue weighted by Gasteiger charge is 2.23. The molecular weight excluding hydrogens is 439 g/mol. The number of hydrogen-bond acceptors (Lipinski definition) is 4. The number of nitrogens with zero attached hydrogens (tertiary/aromatic N) is 2. The van der Waals surface area contributed by atoms with Gasteiger partial charge in [-0.3, -0.25) is 4.79 Å². The Morgan fingerprint density at radius 2 is 1.91 bits per heavy atom. The van der Waals surface area contributed by atoms with Crippen LogP contribution in [0, 0.1) is 12.7 Å². The van der Waals surface area contributed by atoms with Gasteiger partial charge in [0.1, 0.15) is 11.9 Å². The number of fused-ring (bicyclic) bond motifs is 1. The summed E-state index contributed by atoms with van der Waals surface area (Å²) in [6, 6.07) is 18.4. The van der Waals surface area contributed by atoms with Gasteiger partial charge < -0.3 is 20.5 Å². The summed E-state index contributed by atoms with van der Waals surface area (Å²) >= 11 is 0. The monoisotopic (exact) mass is 462 g/mol. The number of halogens is 1. The minimum Gasteiger partial charge on any atom is -0.465 e. The van der Waals surface area contributed by atoms with E-state index in [0.717, 1.165) is 16.8 Å². The third-order valence-electron chi connectivity index (χ3n) is 5.17. The maximum atomic E-state index is 14.7. The molecule has 1 atom stereocenters. The van der Waals surface area contributed by atoms with Gasteiger partial charge in [0.2, 0.25) is 5.91 Å². The van der Waals surface area contributed by atoms with Crippen molar-refractivity contribution in [3.05, 3.63) is 89.9 Å². The number of carbonyl (C=O) groups excluding carboxylic acids is 1. The Labute approximate surface area is 195 Å². The zero-order valence-corrected chi connectivity index (χ0v) is 18.4. The third-order valence-corrected chi connectivity index (χ3v) is 5.17. The second-order valence-corrected chi connectivity index (χ2v) is 7.78. The number of anilines is 1. The Morgan fingerprint density at radius 3 is 2.65 bits per heavy atom. The van der Waals surface area contributed by atoms with Crippen molar-refractivity contribution in [2.75, 3.05) is 11.9 Å². The summed E-state index contributed by atoms with van der Waals surface area (Å²) in [5, 5.41) is 18.6. The summed E-state index contributed by atoms with van der Waals surface area (Å²) in [6.07, 6.45) is 0.148. The van der Waals surface area contributed by atoms with Crippen molar-refractivity contribution >= 4 is 28.6 Å². The minimum absolute atomic E-state index is 0.0906. The molecule has 0 aliphatic heterocycles. The van der Waals surface area contributed by atoms with Gasteiger partial charge in [0.25, 0.3) is 0 Å². The summed E-state index contributed by atoms with van der Waals surface area (Å²) in [7, 11) is 0. The molecule has 8 nitrogen and oxygen atoms in total. The number of carboxylic acid groups (broad SMARTS) is 1. The SMILES string of the molecule is Cc1cccc(-n2ncc3cc(F)c(NC(=O)[C@H](COCc4ccccc4)NC(=O)O)cc32)c1. The maximum Gasteiger partial charge on any atom is 0.405 e. The van der Waals surface area contributed by atoms with Gasteiger partial charge in [-0.1, -0.05) is 42.5 Å². The van der Waals surface area contributed by atoms with E-state index in [-0.39, 0.29) is 18.9 Å². The lowest BCUT2D eigenvalue weighted by Gasteiger charge is -2.17. The van der Waals surface area contributed by atoms with E-state index >= 15 is 0 Å². The lowest BCUT2D eigenvalue weighted by Crippen LogP contribution is -2.46. The van der Waals surface area contributed by atoms with E-state index in [4.69, 9.17) is 9.84 Å². The molecule has 0 saturated heterocycles. The zero-order chi connectivity index (χ0) is 24.1. The number of hydrogen-bond donors (Lipinski definition) is 3. The van der Waals surface area contributed by atoms with Crippen molar-refractivity contribution in [2.45, 2.75) is 19.6 Å². The quantitative estimate of drug-likeness (QED) is 0.363. The molecule has 4 aromatic rings. The molecule has 0 spiro atoms. The standard InChI is InChI=1S/C25H23FN4O4/c1-16-6-5-9-19(10-16)30-23-12-21(20(26)11-18(23)13-27-30)28-24(31)22(29-25(32)33)15-34-14-17-7-3-2-4-8-17/h2-13,22,29H,14-15H2,1H3,(H,28,31)(H,32,33)/t22-/m0/s1. The molecule has 174 valence electrons. The molecule has 4 rings (SSSR count). The van der Waals surface area contributed by atoms with Crippen LogP contribution < -0.4 is 10.6 Å². The number of ether oxygens (including phenoxy) is 1. The van der Waals surface area contributed by atoms with Crippen molar-refractivity contribution in [3.63, 3.8) is 0 Å². The van der Waals surface area contributed by atoms with Gasteiger partial charge in [0, 0.05) is 5.39 Å². The first-order valence-electron chi connectivity index (χ1n) is 10.6. The lowest BCUT2D eigenvalue weighted by atomic mass is 10.2.